The van der Waals surface area contributed by atoms with Crippen LogP contribution in [0.1, 0.15) is 36.8 Å². The molecular weight excluding hydrogens is 413 g/mol. The Morgan fingerprint density at radius 2 is 1.66 bits per heavy atom. The fourth-order valence-corrected chi connectivity index (χ4v) is 4.26. The van der Waals surface area contributed by atoms with Crippen LogP contribution >= 0.6 is 0 Å². The van der Waals surface area contributed by atoms with Crippen molar-refractivity contribution in [3.05, 3.63) is 53.3 Å². The van der Waals surface area contributed by atoms with Gasteiger partial charge in [-0.2, -0.15) is 0 Å². The van der Waals surface area contributed by atoms with E-state index >= 15 is 0 Å². The van der Waals surface area contributed by atoms with E-state index in [2.05, 4.69) is 5.32 Å². The molecule has 0 spiro atoms. The van der Waals surface area contributed by atoms with Gasteiger partial charge in [0.1, 0.15) is 12.4 Å². The van der Waals surface area contributed by atoms with E-state index in [9.17, 15) is 14.0 Å². The fraction of sp³-hybridized carbons (Fsp3) is 0.440. The van der Waals surface area contributed by atoms with Crippen molar-refractivity contribution in [1.29, 1.82) is 0 Å². The molecule has 1 aliphatic carbocycles. The van der Waals surface area contributed by atoms with Crippen molar-refractivity contribution in [2.24, 2.45) is 11.8 Å². The molecule has 0 aliphatic heterocycles. The average molecular weight is 444 g/mol. The monoisotopic (exact) mass is 443 g/mol. The van der Waals surface area contributed by atoms with E-state index in [4.69, 9.17) is 14.6 Å². The second-order valence-electron chi connectivity index (χ2n) is 8.56. The maximum Gasteiger partial charge on any atom is 0.411 e. The van der Waals surface area contributed by atoms with Gasteiger partial charge in [0.2, 0.25) is 0 Å². The molecule has 1 amide bonds. The quantitative estimate of drug-likeness (QED) is 0.557. The number of aryl methyl sites for hydroxylation is 2. The summed E-state index contributed by atoms with van der Waals surface area (Å²) in [5.41, 5.74) is 3.46. The largest absolute Gasteiger partial charge is 0.480 e. The van der Waals surface area contributed by atoms with E-state index in [-0.39, 0.29) is 12.5 Å². The van der Waals surface area contributed by atoms with E-state index in [0.717, 1.165) is 36.8 Å². The van der Waals surface area contributed by atoms with Crippen LogP contribution in [-0.4, -0.2) is 37.0 Å². The Kier molecular flexibility index (Phi) is 8.22. The number of nitrogens with one attached hydrogen (secondary N) is 1. The van der Waals surface area contributed by atoms with E-state index in [1.165, 1.54) is 6.07 Å². The van der Waals surface area contributed by atoms with Crippen LogP contribution in [0.5, 0.6) is 0 Å². The van der Waals surface area contributed by atoms with Crippen LogP contribution in [-0.2, 0) is 14.3 Å². The van der Waals surface area contributed by atoms with Gasteiger partial charge in [-0.05, 0) is 69.1 Å². The summed E-state index contributed by atoms with van der Waals surface area (Å²) in [6.45, 7) is 4.37. The van der Waals surface area contributed by atoms with Crippen LogP contribution in [0, 0.1) is 31.5 Å². The molecule has 32 heavy (non-hydrogen) atoms. The van der Waals surface area contributed by atoms with Crippen molar-refractivity contribution >= 4 is 17.7 Å². The van der Waals surface area contributed by atoms with Crippen molar-refractivity contribution in [2.75, 3.05) is 25.1 Å². The Bertz CT molecular complexity index is 933. The number of anilines is 1. The molecule has 2 aromatic carbocycles. The average Bonchev–Trinajstić information content (AvgIpc) is 2.72. The lowest BCUT2D eigenvalue weighted by Crippen LogP contribution is -2.25. The van der Waals surface area contributed by atoms with Gasteiger partial charge < -0.3 is 14.6 Å². The highest BCUT2D eigenvalue weighted by Crippen LogP contribution is 2.33. The minimum absolute atomic E-state index is 0.253. The Morgan fingerprint density at radius 1 is 1.03 bits per heavy atom. The molecule has 3 rings (SSSR count). The zero-order valence-electron chi connectivity index (χ0n) is 18.5. The minimum atomic E-state index is -0.961. The molecule has 0 bridgehead atoms. The molecule has 2 aromatic rings. The van der Waals surface area contributed by atoms with Gasteiger partial charge in [-0.3, -0.25) is 5.32 Å². The Morgan fingerprint density at radius 3 is 2.28 bits per heavy atom. The summed E-state index contributed by atoms with van der Waals surface area (Å²) < 4.78 is 25.3. The van der Waals surface area contributed by atoms with Crippen LogP contribution in [0.25, 0.3) is 11.1 Å². The van der Waals surface area contributed by atoms with E-state index in [1.54, 1.807) is 12.1 Å². The number of aliphatic carboxylic acids is 1. The first-order chi connectivity index (χ1) is 15.3. The van der Waals surface area contributed by atoms with Gasteiger partial charge in [0, 0.05) is 5.56 Å². The summed E-state index contributed by atoms with van der Waals surface area (Å²) in [5, 5.41) is 11.3. The van der Waals surface area contributed by atoms with Crippen molar-refractivity contribution in [1.82, 2.24) is 0 Å². The number of benzene rings is 2. The molecule has 0 aromatic heterocycles. The summed E-state index contributed by atoms with van der Waals surface area (Å²) in [7, 11) is 0. The van der Waals surface area contributed by atoms with Crippen molar-refractivity contribution in [3.63, 3.8) is 0 Å². The number of hydrogen-bond donors (Lipinski definition) is 2. The molecular formula is C25H30FNO5. The number of amides is 1. The van der Waals surface area contributed by atoms with Gasteiger partial charge in [-0.1, -0.05) is 35.4 Å². The summed E-state index contributed by atoms with van der Waals surface area (Å²) in [6.07, 6.45) is 3.00. The number of carboxylic acid groups (broad SMARTS) is 1. The topological polar surface area (TPSA) is 84.9 Å². The molecule has 1 fully saturated rings. The van der Waals surface area contributed by atoms with Crippen molar-refractivity contribution < 1.29 is 28.6 Å². The van der Waals surface area contributed by atoms with Crippen molar-refractivity contribution in [2.45, 2.75) is 39.5 Å². The standard InChI is InChI=1S/C25H30FNO5/c1-16-10-17(2)12-20(11-16)24-21(26)4-3-5-22(24)27-25(30)32-14-19-8-6-18(7-9-19)13-31-15-23(28)29/h3-5,10-12,18-19H,6-9,13-15H2,1-2H3,(H,27,30)(H,28,29). The summed E-state index contributed by atoms with van der Waals surface area (Å²) in [4.78, 5) is 22.9. The number of hydrogen-bond acceptors (Lipinski definition) is 4. The number of carboxylic acids is 1. The lowest BCUT2D eigenvalue weighted by molar-refractivity contribution is -0.142. The predicted molar refractivity (Wildman–Crippen MR) is 120 cm³/mol. The van der Waals surface area contributed by atoms with Crippen LogP contribution in [0.3, 0.4) is 0 Å². The molecule has 172 valence electrons. The third kappa shape index (κ3) is 6.79. The van der Waals surface area contributed by atoms with Gasteiger partial charge in [0.05, 0.1) is 18.9 Å². The molecule has 0 heterocycles. The summed E-state index contributed by atoms with van der Waals surface area (Å²) >= 11 is 0. The van der Waals surface area contributed by atoms with Gasteiger partial charge in [-0.25, -0.2) is 14.0 Å². The molecule has 2 N–H and O–H groups in total. The third-order valence-corrected chi connectivity index (χ3v) is 5.76. The van der Waals surface area contributed by atoms with Gasteiger partial charge in [-0.15, -0.1) is 0 Å². The number of rotatable bonds is 8. The molecule has 0 atom stereocenters. The summed E-state index contributed by atoms with van der Waals surface area (Å²) in [5.74, 6) is -0.775. The first-order valence-corrected chi connectivity index (χ1v) is 10.9. The van der Waals surface area contributed by atoms with Gasteiger partial charge in [0.15, 0.2) is 0 Å². The number of carbonyl (C=O) groups excluding carboxylic acids is 1. The van der Waals surface area contributed by atoms with E-state index < -0.39 is 17.9 Å². The molecule has 0 radical (unpaired) electrons. The lowest BCUT2D eigenvalue weighted by Gasteiger charge is -2.27. The highest BCUT2D eigenvalue weighted by Gasteiger charge is 2.23. The second-order valence-corrected chi connectivity index (χ2v) is 8.56. The number of halogens is 1. The maximum absolute atomic E-state index is 14.7. The second kappa shape index (κ2) is 11.1. The predicted octanol–water partition coefficient (Wildman–Crippen LogP) is 5.57. The maximum atomic E-state index is 14.7. The first kappa shape index (κ1) is 23.7. The first-order valence-electron chi connectivity index (χ1n) is 10.9. The highest BCUT2D eigenvalue weighted by atomic mass is 19.1. The molecule has 1 saturated carbocycles. The van der Waals surface area contributed by atoms with Gasteiger partial charge >= 0.3 is 12.1 Å². The molecule has 6 nitrogen and oxygen atoms in total. The minimum Gasteiger partial charge on any atom is -0.480 e. The van der Waals surface area contributed by atoms with Crippen LogP contribution in [0.4, 0.5) is 14.9 Å². The van der Waals surface area contributed by atoms with Crippen molar-refractivity contribution in [3.8, 4) is 11.1 Å². The third-order valence-electron chi connectivity index (χ3n) is 5.76. The van der Waals surface area contributed by atoms with Crippen LogP contribution in [0.2, 0.25) is 0 Å². The molecule has 0 unspecified atom stereocenters. The number of carbonyl (C=O) groups is 2. The molecule has 0 saturated heterocycles. The van der Waals surface area contributed by atoms with Crippen LogP contribution in [0.15, 0.2) is 36.4 Å². The Hall–Kier alpha value is -2.93. The zero-order valence-corrected chi connectivity index (χ0v) is 18.5. The molecule has 1 aliphatic rings. The Balaban J connectivity index is 1.53. The lowest BCUT2D eigenvalue weighted by atomic mass is 9.83. The fourth-order valence-electron chi connectivity index (χ4n) is 4.26. The number of ether oxygens (including phenoxy) is 2. The summed E-state index contributed by atoms with van der Waals surface area (Å²) in [6, 6.07) is 10.4. The van der Waals surface area contributed by atoms with E-state index in [0.29, 0.717) is 35.9 Å². The Labute approximate surface area is 187 Å². The zero-order chi connectivity index (χ0) is 23.1. The highest BCUT2D eigenvalue weighted by molar-refractivity contribution is 5.91. The normalized spacial score (nSPS) is 18.2. The van der Waals surface area contributed by atoms with Gasteiger partial charge in [0.25, 0.3) is 0 Å². The van der Waals surface area contributed by atoms with E-state index in [1.807, 2.05) is 32.0 Å². The van der Waals surface area contributed by atoms with Crippen LogP contribution < -0.4 is 5.32 Å². The smallest absolute Gasteiger partial charge is 0.411 e. The SMILES string of the molecule is Cc1cc(C)cc(-c2c(F)cccc2NC(=O)OCC2CCC(COCC(=O)O)CC2)c1. The molecule has 7 heteroatoms.